The van der Waals surface area contributed by atoms with Gasteiger partial charge in [-0.1, -0.05) is 12.1 Å². The van der Waals surface area contributed by atoms with Crippen molar-refractivity contribution >= 4 is 16.8 Å². The quantitative estimate of drug-likeness (QED) is 0.603. The van der Waals surface area contributed by atoms with E-state index in [0.29, 0.717) is 28.8 Å². The van der Waals surface area contributed by atoms with E-state index < -0.39 is 11.2 Å². The summed E-state index contributed by atoms with van der Waals surface area (Å²) in [4.78, 5) is 43.0. The predicted octanol–water partition coefficient (Wildman–Crippen LogP) is 1.57. The molecular formula is C23H26N4O4. The first-order valence-corrected chi connectivity index (χ1v) is 10.5. The minimum absolute atomic E-state index is 0.125. The van der Waals surface area contributed by atoms with Crippen molar-refractivity contribution in [2.24, 2.45) is 0 Å². The van der Waals surface area contributed by atoms with E-state index in [1.807, 2.05) is 12.1 Å². The van der Waals surface area contributed by atoms with Crippen LogP contribution in [0.5, 0.6) is 5.75 Å². The summed E-state index contributed by atoms with van der Waals surface area (Å²) in [5.74, 6) is 0.436. The molecule has 3 aromatic rings. The number of benzene rings is 2. The summed E-state index contributed by atoms with van der Waals surface area (Å²) in [5.41, 5.74) is 0.619. The number of aromatic nitrogens is 2. The summed E-state index contributed by atoms with van der Waals surface area (Å²) in [7, 11) is 1.56. The van der Waals surface area contributed by atoms with E-state index in [0.717, 1.165) is 29.8 Å². The van der Waals surface area contributed by atoms with Crippen LogP contribution in [0.2, 0.25) is 0 Å². The van der Waals surface area contributed by atoms with Gasteiger partial charge < -0.3 is 19.9 Å². The van der Waals surface area contributed by atoms with Crippen molar-refractivity contribution in [3.63, 3.8) is 0 Å². The number of likely N-dealkylation sites (tertiary alicyclic amines) is 1. The van der Waals surface area contributed by atoms with Gasteiger partial charge in [0.25, 0.3) is 11.5 Å². The van der Waals surface area contributed by atoms with Gasteiger partial charge >= 0.3 is 5.69 Å². The van der Waals surface area contributed by atoms with Crippen LogP contribution in [0.1, 0.15) is 28.8 Å². The fourth-order valence-electron chi connectivity index (χ4n) is 3.93. The second-order valence-corrected chi connectivity index (χ2v) is 7.74. The van der Waals surface area contributed by atoms with E-state index in [1.165, 1.54) is 12.8 Å². The maximum absolute atomic E-state index is 12.9. The third kappa shape index (κ3) is 4.69. The lowest BCUT2D eigenvalue weighted by Gasteiger charge is -2.14. The summed E-state index contributed by atoms with van der Waals surface area (Å²) in [5, 5.41) is 3.26. The standard InChI is InChI=1S/C23H26N4O4/c1-31-18-6-4-5-16(13-18)15-27-22(29)19-8-7-17(14-20(19)25-23(27)30)21(28)24-9-12-26-10-2-3-11-26/h4-8,13-14H,2-3,9-12,15H2,1H3,(H,24,28)(H,25,30). The van der Waals surface area contributed by atoms with Crippen molar-refractivity contribution in [2.75, 3.05) is 33.3 Å². The minimum atomic E-state index is -0.521. The average molecular weight is 422 g/mol. The molecule has 1 fully saturated rings. The fourth-order valence-corrected chi connectivity index (χ4v) is 3.93. The van der Waals surface area contributed by atoms with E-state index >= 15 is 0 Å². The second-order valence-electron chi connectivity index (χ2n) is 7.74. The number of fused-ring (bicyclic) bond motifs is 1. The van der Waals surface area contributed by atoms with Crippen LogP contribution in [0.15, 0.2) is 52.1 Å². The third-order valence-electron chi connectivity index (χ3n) is 5.63. The van der Waals surface area contributed by atoms with Crippen LogP contribution < -0.4 is 21.3 Å². The maximum Gasteiger partial charge on any atom is 0.329 e. The van der Waals surface area contributed by atoms with Crippen molar-refractivity contribution < 1.29 is 9.53 Å². The molecule has 0 bridgehead atoms. The number of carbonyl (C=O) groups is 1. The number of carbonyl (C=O) groups excluding carboxylic acids is 1. The molecule has 1 aliphatic rings. The van der Waals surface area contributed by atoms with Gasteiger partial charge in [-0.2, -0.15) is 0 Å². The van der Waals surface area contributed by atoms with Gasteiger partial charge in [0.15, 0.2) is 0 Å². The van der Waals surface area contributed by atoms with Crippen LogP contribution in [0.3, 0.4) is 0 Å². The highest BCUT2D eigenvalue weighted by atomic mass is 16.5. The van der Waals surface area contributed by atoms with Crippen molar-refractivity contribution in [3.05, 3.63) is 74.4 Å². The van der Waals surface area contributed by atoms with Crippen molar-refractivity contribution in [1.29, 1.82) is 0 Å². The van der Waals surface area contributed by atoms with Crippen LogP contribution in [-0.2, 0) is 6.54 Å². The molecule has 162 valence electrons. The number of nitrogens with one attached hydrogen (secondary N) is 2. The Morgan fingerprint density at radius 1 is 1.13 bits per heavy atom. The summed E-state index contributed by atoms with van der Waals surface area (Å²) in [6.45, 7) is 3.67. The zero-order valence-corrected chi connectivity index (χ0v) is 17.5. The van der Waals surface area contributed by atoms with Crippen LogP contribution in [0, 0.1) is 0 Å². The number of hydrogen-bond acceptors (Lipinski definition) is 5. The lowest BCUT2D eigenvalue weighted by atomic mass is 10.1. The zero-order chi connectivity index (χ0) is 21.8. The number of amides is 1. The molecule has 1 aromatic heterocycles. The molecule has 0 saturated carbocycles. The Balaban J connectivity index is 1.53. The summed E-state index contributed by atoms with van der Waals surface area (Å²) < 4.78 is 6.35. The largest absolute Gasteiger partial charge is 0.497 e. The normalized spacial score (nSPS) is 14.1. The zero-order valence-electron chi connectivity index (χ0n) is 17.5. The van der Waals surface area contributed by atoms with Crippen LogP contribution in [-0.4, -0.2) is 53.6 Å². The lowest BCUT2D eigenvalue weighted by Crippen LogP contribution is -2.35. The van der Waals surface area contributed by atoms with Crippen molar-refractivity contribution in [3.8, 4) is 5.75 Å². The van der Waals surface area contributed by atoms with Gasteiger partial charge in [0.1, 0.15) is 5.75 Å². The molecule has 0 atom stereocenters. The van der Waals surface area contributed by atoms with E-state index in [4.69, 9.17) is 4.74 Å². The first-order chi connectivity index (χ1) is 15.0. The van der Waals surface area contributed by atoms with Crippen LogP contribution >= 0.6 is 0 Å². The Bertz CT molecular complexity index is 1210. The Labute approximate surface area is 179 Å². The van der Waals surface area contributed by atoms with Gasteiger partial charge in [-0.15, -0.1) is 0 Å². The predicted molar refractivity (Wildman–Crippen MR) is 119 cm³/mol. The molecule has 8 nitrogen and oxygen atoms in total. The van der Waals surface area contributed by atoms with Gasteiger partial charge in [-0.3, -0.25) is 14.2 Å². The second kappa shape index (κ2) is 9.18. The van der Waals surface area contributed by atoms with E-state index in [1.54, 1.807) is 37.4 Å². The molecule has 4 rings (SSSR count). The number of rotatable bonds is 7. The third-order valence-corrected chi connectivity index (χ3v) is 5.63. The molecule has 1 aliphatic heterocycles. The lowest BCUT2D eigenvalue weighted by molar-refractivity contribution is 0.0950. The molecule has 0 unspecified atom stereocenters. The molecule has 2 N–H and O–H groups in total. The van der Waals surface area contributed by atoms with E-state index in [-0.39, 0.29) is 12.5 Å². The summed E-state index contributed by atoms with van der Waals surface area (Å²) in [6.07, 6.45) is 2.42. The van der Waals surface area contributed by atoms with E-state index in [9.17, 15) is 14.4 Å². The Hall–Kier alpha value is -3.39. The molecular weight excluding hydrogens is 396 g/mol. The number of ether oxygens (including phenoxy) is 1. The highest BCUT2D eigenvalue weighted by Gasteiger charge is 2.14. The van der Waals surface area contributed by atoms with Crippen LogP contribution in [0.4, 0.5) is 0 Å². The molecule has 1 saturated heterocycles. The number of H-pyrrole nitrogens is 1. The summed E-state index contributed by atoms with van der Waals surface area (Å²) in [6, 6.07) is 12.0. The van der Waals surface area contributed by atoms with Crippen LogP contribution in [0.25, 0.3) is 10.9 Å². The maximum atomic E-state index is 12.9. The average Bonchev–Trinajstić information content (AvgIpc) is 3.30. The Morgan fingerprint density at radius 3 is 2.71 bits per heavy atom. The van der Waals surface area contributed by atoms with Crippen molar-refractivity contribution in [1.82, 2.24) is 19.8 Å². The van der Waals surface area contributed by atoms with Gasteiger partial charge in [0.05, 0.1) is 24.6 Å². The van der Waals surface area contributed by atoms with Gasteiger partial charge in [0, 0.05) is 18.7 Å². The molecule has 0 spiro atoms. The number of methoxy groups -OCH3 is 1. The Morgan fingerprint density at radius 2 is 1.94 bits per heavy atom. The smallest absolute Gasteiger partial charge is 0.329 e. The van der Waals surface area contributed by atoms with Crippen molar-refractivity contribution in [2.45, 2.75) is 19.4 Å². The fraction of sp³-hybridized carbons (Fsp3) is 0.348. The van der Waals surface area contributed by atoms with Gasteiger partial charge in [-0.25, -0.2) is 4.79 Å². The molecule has 2 heterocycles. The SMILES string of the molecule is COc1cccc(Cn2c(=O)[nH]c3cc(C(=O)NCCN4CCCC4)ccc3c2=O)c1. The molecule has 8 heteroatoms. The van der Waals surface area contributed by atoms with E-state index in [2.05, 4.69) is 15.2 Å². The van der Waals surface area contributed by atoms with Gasteiger partial charge in [-0.05, 0) is 61.8 Å². The molecule has 2 aromatic carbocycles. The number of nitrogens with zero attached hydrogens (tertiary/aromatic N) is 2. The summed E-state index contributed by atoms with van der Waals surface area (Å²) >= 11 is 0. The molecule has 31 heavy (non-hydrogen) atoms. The Kier molecular flexibility index (Phi) is 6.18. The highest BCUT2D eigenvalue weighted by molar-refractivity contribution is 5.97. The first-order valence-electron chi connectivity index (χ1n) is 10.5. The first kappa shape index (κ1) is 20.9. The molecule has 0 aliphatic carbocycles. The van der Waals surface area contributed by atoms with Gasteiger partial charge in [0.2, 0.25) is 0 Å². The minimum Gasteiger partial charge on any atom is -0.497 e. The molecule has 0 radical (unpaired) electrons. The topological polar surface area (TPSA) is 96.4 Å². The molecule has 1 amide bonds. The monoisotopic (exact) mass is 422 g/mol. The number of aromatic amines is 1. The number of hydrogen-bond donors (Lipinski definition) is 2. The highest BCUT2D eigenvalue weighted by Crippen LogP contribution is 2.14.